The summed E-state index contributed by atoms with van der Waals surface area (Å²) in [6, 6.07) is 4.19. The van der Waals surface area contributed by atoms with Gasteiger partial charge < -0.3 is 4.74 Å². The first-order valence-electron chi connectivity index (χ1n) is 6.85. The van der Waals surface area contributed by atoms with Gasteiger partial charge in [0.25, 0.3) is 0 Å². The van der Waals surface area contributed by atoms with Crippen molar-refractivity contribution in [3.8, 4) is 5.75 Å². The molecule has 0 N–H and O–H groups in total. The summed E-state index contributed by atoms with van der Waals surface area (Å²) in [7, 11) is 0. The normalized spacial score (nSPS) is 10.7. The van der Waals surface area contributed by atoms with Crippen LogP contribution in [0.3, 0.4) is 0 Å². The van der Waals surface area contributed by atoms with Crippen molar-refractivity contribution in [2.75, 3.05) is 6.61 Å². The molecule has 0 radical (unpaired) electrons. The Morgan fingerprint density at radius 3 is 2.11 bits per heavy atom. The minimum Gasteiger partial charge on any atom is -0.491 e. The van der Waals surface area contributed by atoms with E-state index in [-0.39, 0.29) is 0 Å². The van der Waals surface area contributed by atoms with Gasteiger partial charge in [0.05, 0.1) is 15.6 Å². The van der Waals surface area contributed by atoms with Gasteiger partial charge in [-0.15, -0.1) is 0 Å². The van der Waals surface area contributed by atoms with E-state index in [0.717, 1.165) is 33.1 Å². The predicted molar refractivity (Wildman–Crippen MR) is 93.3 cm³/mol. The van der Waals surface area contributed by atoms with Gasteiger partial charge in [-0.2, -0.15) is 0 Å². The number of benzene rings is 1. The number of alkyl halides is 1. The zero-order valence-electron chi connectivity index (χ0n) is 11.4. The van der Waals surface area contributed by atoms with Gasteiger partial charge in [-0.25, -0.2) is 0 Å². The Morgan fingerprint density at radius 2 is 1.53 bits per heavy atom. The average Bonchev–Trinajstić information content (AvgIpc) is 2.40. The zero-order valence-corrected chi connectivity index (χ0v) is 16.1. The minimum atomic E-state index is 0.789. The van der Waals surface area contributed by atoms with Crippen molar-refractivity contribution in [1.82, 2.24) is 0 Å². The molecule has 0 atom stereocenters. The van der Waals surface area contributed by atoms with Crippen molar-refractivity contribution in [3.63, 3.8) is 0 Å². The first-order valence-corrected chi connectivity index (χ1v) is 9.56. The molecule has 0 unspecified atom stereocenters. The van der Waals surface area contributed by atoms with Gasteiger partial charge in [0.15, 0.2) is 0 Å². The highest BCUT2D eigenvalue weighted by atomic mass is 79.9. The molecule has 0 saturated carbocycles. The number of hydrogen-bond acceptors (Lipinski definition) is 1. The van der Waals surface area contributed by atoms with Gasteiger partial charge in [-0.3, -0.25) is 0 Å². The van der Waals surface area contributed by atoms with Gasteiger partial charge in [0.1, 0.15) is 5.75 Å². The molecule has 0 aliphatic rings. The Balaban J connectivity index is 2.33. The number of ether oxygens (including phenoxy) is 1. The van der Waals surface area contributed by atoms with Gasteiger partial charge in [0.2, 0.25) is 0 Å². The molecule has 0 amide bonds. The van der Waals surface area contributed by atoms with E-state index in [0.29, 0.717) is 0 Å². The standard InChI is InChI=1S/C15H21Br3O/c1-2-3-4-5-6-7-8-19-15-13(17)9-12(11-16)10-14(15)18/h9-10H,2-8,11H2,1H3. The molecule has 0 fully saturated rings. The fraction of sp³-hybridized carbons (Fsp3) is 0.600. The maximum atomic E-state index is 5.86. The highest BCUT2D eigenvalue weighted by molar-refractivity contribution is 9.11. The molecule has 4 heteroatoms. The Morgan fingerprint density at radius 1 is 0.947 bits per heavy atom. The molecule has 0 bridgehead atoms. The summed E-state index contributed by atoms with van der Waals surface area (Å²) < 4.78 is 7.90. The van der Waals surface area contributed by atoms with Crippen LogP contribution in [-0.4, -0.2) is 6.61 Å². The van der Waals surface area contributed by atoms with Crippen LogP contribution in [0.5, 0.6) is 5.75 Å². The topological polar surface area (TPSA) is 9.23 Å². The highest BCUT2D eigenvalue weighted by Crippen LogP contribution is 2.35. The molecular weight excluding hydrogens is 436 g/mol. The largest absolute Gasteiger partial charge is 0.491 e. The summed E-state index contributed by atoms with van der Waals surface area (Å²) in [5.41, 5.74) is 1.23. The summed E-state index contributed by atoms with van der Waals surface area (Å²) in [5, 5.41) is 0.849. The van der Waals surface area contributed by atoms with E-state index < -0.39 is 0 Å². The van der Waals surface area contributed by atoms with Crippen LogP contribution < -0.4 is 4.74 Å². The first kappa shape index (κ1) is 17.5. The average molecular weight is 457 g/mol. The molecule has 1 rings (SSSR count). The lowest BCUT2D eigenvalue weighted by Crippen LogP contribution is -1.99. The first-order chi connectivity index (χ1) is 9.19. The van der Waals surface area contributed by atoms with Crippen molar-refractivity contribution in [3.05, 3.63) is 26.6 Å². The molecule has 0 spiro atoms. The molecule has 1 nitrogen and oxygen atoms in total. The number of halogens is 3. The van der Waals surface area contributed by atoms with E-state index >= 15 is 0 Å². The van der Waals surface area contributed by atoms with Crippen LogP contribution in [0.1, 0.15) is 51.0 Å². The predicted octanol–water partition coefficient (Wildman–Crippen LogP) is 6.85. The van der Waals surface area contributed by atoms with Crippen LogP contribution in [-0.2, 0) is 5.33 Å². The van der Waals surface area contributed by atoms with E-state index in [9.17, 15) is 0 Å². The Labute approximate surface area is 141 Å². The maximum Gasteiger partial charge on any atom is 0.147 e. The second kappa shape index (κ2) is 10.2. The second-order valence-corrected chi connectivity index (χ2v) is 6.91. The van der Waals surface area contributed by atoms with Crippen molar-refractivity contribution >= 4 is 47.8 Å². The smallest absolute Gasteiger partial charge is 0.147 e. The molecule has 19 heavy (non-hydrogen) atoms. The van der Waals surface area contributed by atoms with E-state index in [1.165, 1.54) is 37.7 Å². The van der Waals surface area contributed by atoms with Gasteiger partial charge in [-0.05, 0) is 56.0 Å². The van der Waals surface area contributed by atoms with Crippen LogP contribution in [0, 0.1) is 0 Å². The Bertz CT molecular complexity index is 357. The summed E-state index contributed by atoms with van der Waals surface area (Å²) in [6.45, 7) is 3.03. The van der Waals surface area contributed by atoms with Crippen LogP contribution in [0.2, 0.25) is 0 Å². The third-order valence-corrected chi connectivity index (χ3v) is 4.78. The van der Waals surface area contributed by atoms with E-state index in [4.69, 9.17) is 4.74 Å². The van der Waals surface area contributed by atoms with E-state index in [2.05, 4.69) is 66.8 Å². The minimum absolute atomic E-state index is 0.789. The van der Waals surface area contributed by atoms with Crippen molar-refractivity contribution < 1.29 is 4.74 Å². The molecule has 0 heterocycles. The van der Waals surface area contributed by atoms with Gasteiger partial charge >= 0.3 is 0 Å². The molecule has 0 aromatic heterocycles. The van der Waals surface area contributed by atoms with Crippen LogP contribution in [0.15, 0.2) is 21.1 Å². The summed E-state index contributed by atoms with van der Waals surface area (Å²) >= 11 is 10.6. The lowest BCUT2D eigenvalue weighted by Gasteiger charge is -2.11. The summed E-state index contributed by atoms with van der Waals surface area (Å²) in [4.78, 5) is 0. The zero-order chi connectivity index (χ0) is 14.1. The molecule has 0 aliphatic heterocycles. The number of hydrogen-bond donors (Lipinski definition) is 0. The fourth-order valence-corrected chi connectivity index (χ4v) is 3.72. The van der Waals surface area contributed by atoms with Crippen LogP contribution in [0.4, 0.5) is 0 Å². The summed E-state index contributed by atoms with van der Waals surface area (Å²) in [6.07, 6.45) is 7.71. The number of unbranched alkanes of at least 4 members (excludes halogenated alkanes) is 5. The Kier molecular flexibility index (Phi) is 9.42. The quantitative estimate of drug-likeness (QED) is 0.292. The third kappa shape index (κ3) is 6.63. The molecule has 1 aromatic carbocycles. The summed E-state index contributed by atoms with van der Waals surface area (Å²) in [5.74, 6) is 0.915. The SMILES string of the molecule is CCCCCCCCOc1c(Br)cc(CBr)cc1Br. The highest BCUT2D eigenvalue weighted by Gasteiger charge is 2.08. The van der Waals surface area contributed by atoms with Crippen LogP contribution in [0.25, 0.3) is 0 Å². The number of rotatable bonds is 9. The third-order valence-electron chi connectivity index (χ3n) is 2.96. The lowest BCUT2D eigenvalue weighted by atomic mass is 10.1. The monoisotopic (exact) mass is 454 g/mol. The van der Waals surface area contributed by atoms with Crippen molar-refractivity contribution in [2.24, 2.45) is 0 Å². The molecule has 108 valence electrons. The van der Waals surface area contributed by atoms with E-state index in [1.807, 2.05) is 0 Å². The Hall–Kier alpha value is 0.460. The van der Waals surface area contributed by atoms with Crippen molar-refractivity contribution in [2.45, 2.75) is 50.8 Å². The molecule has 0 aliphatic carbocycles. The molecule has 1 aromatic rings. The fourth-order valence-electron chi connectivity index (χ4n) is 1.88. The van der Waals surface area contributed by atoms with Crippen LogP contribution >= 0.6 is 47.8 Å². The molecule has 0 saturated heterocycles. The maximum absolute atomic E-state index is 5.86. The van der Waals surface area contributed by atoms with Gasteiger partial charge in [-0.1, -0.05) is 55.0 Å². The second-order valence-electron chi connectivity index (χ2n) is 4.64. The lowest BCUT2D eigenvalue weighted by molar-refractivity contribution is 0.301. The van der Waals surface area contributed by atoms with Gasteiger partial charge in [0, 0.05) is 5.33 Å². The van der Waals surface area contributed by atoms with E-state index in [1.54, 1.807) is 0 Å². The molecular formula is C15H21Br3O. The van der Waals surface area contributed by atoms with Crippen molar-refractivity contribution in [1.29, 1.82) is 0 Å².